The van der Waals surface area contributed by atoms with E-state index in [4.69, 9.17) is 4.74 Å². The lowest BCUT2D eigenvalue weighted by Crippen LogP contribution is -2.36. The lowest BCUT2D eigenvalue weighted by Gasteiger charge is -2.38. The molecule has 0 radical (unpaired) electrons. The van der Waals surface area contributed by atoms with E-state index >= 15 is 0 Å². The second kappa shape index (κ2) is 18.0. The van der Waals surface area contributed by atoms with Gasteiger partial charge in [0.15, 0.2) is 0 Å². The second-order valence-corrected chi connectivity index (χ2v) is 11.1. The average Bonchev–Trinajstić information content (AvgIpc) is 2.97. The molecular formula is C37H52O. The molecule has 3 aromatic carbocycles. The molecule has 0 heterocycles. The molecule has 0 N–H and O–H groups in total. The minimum atomic E-state index is -0.612. The highest BCUT2D eigenvalue weighted by atomic mass is 16.5. The Bertz CT molecular complexity index is 853. The molecule has 3 aromatic rings. The van der Waals surface area contributed by atoms with Gasteiger partial charge in [0.1, 0.15) is 5.60 Å². The smallest absolute Gasteiger partial charge is 0.144 e. The Balaban J connectivity index is 1.46. The van der Waals surface area contributed by atoms with E-state index in [-0.39, 0.29) is 6.10 Å². The predicted molar refractivity (Wildman–Crippen MR) is 165 cm³/mol. The molecule has 0 spiro atoms. The van der Waals surface area contributed by atoms with Gasteiger partial charge in [-0.05, 0) is 30.0 Å². The van der Waals surface area contributed by atoms with E-state index in [9.17, 15) is 0 Å². The molecule has 206 valence electrons. The van der Waals surface area contributed by atoms with Gasteiger partial charge in [-0.1, -0.05) is 188 Å². The van der Waals surface area contributed by atoms with Crippen molar-refractivity contribution < 1.29 is 4.74 Å². The van der Waals surface area contributed by atoms with Crippen LogP contribution in [0, 0.1) is 0 Å². The molecule has 1 atom stereocenters. The molecule has 0 aromatic heterocycles. The topological polar surface area (TPSA) is 9.23 Å². The lowest BCUT2D eigenvalue weighted by molar-refractivity contribution is -0.0427. The summed E-state index contributed by atoms with van der Waals surface area (Å²) < 4.78 is 7.11. The highest BCUT2D eigenvalue weighted by Gasteiger charge is 2.38. The fourth-order valence-electron chi connectivity index (χ4n) is 5.71. The summed E-state index contributed by atoms with van der Waals surface area (Å²) in [6.45, 7) is 4.55. The van der Waals surface area contributed by atoms with Crippen molar-refractivity contribution in [2.75, 3.05) is 0 Å². The van der Waals surface area contributed by atoms with Crippen molar-refractivity contribution in [2.45, 2.75) is 122 Å². The number of unbranched alkanes of at least 4 members (excludes halogenated alkanes) is 13. The van der Waals surface area contributed by atoms with Crippen LogP contribution in [0.3, 0.4) is 0 Å². The molecular weight excluding hydrogens is 460 g/mol. The summed E-state index contributed by atoms with van der Waals surface area (Å²) in [6, 6.07) is 32.2. The van der Waals surface area contributed by atoms with Crippen molar-refractivity contribution in [2.24, 2.45) is 0 Å². The van der Waals surface area contributed by atoms with Crippen LogP contribution in [0.1, 0.15) is 127 Å². The van der Waals surface area contributed by atoms with Crippen molar-refractivity contribution in [3.8, 4) is 0 Å². The first-order valence-corrected chi connectivity index (χ1v) is 15.6. The first kappa shape index (κ1) is 30.2. The van der Waals surface area contributed by atoms with Crippen molar-refractivity contribution in [1.82, 2.24) is 0 Å². The zero-order valence-corrected chi connectivity index (χ0v) is 24.3. The van der Waals surface area contributed by atoms with Crippen molar-refractivity contribution in [3.63, 3.8) is 0 Å². The number of hydrogen-bond donors (Lipinski definition) is 0. The van der Waals surface area contributed by atoms with Crippen LogP contribution in [0.4, 0.5) is 0 Å². The predicted octanol–water partition coefficient (Wildman–Crippen LogP) is 11.3. The third-order valence-electron chi connectivity index (χ3n) is 7.88. The SMILES string of the molecule is CCCCCCCCCCCCCCCCC(C)OC(c1ccccc1)(c1ccccc1)c1ccccc1. The maximum absolute atomic E-state index is 7.11. The van der Waals surface area contributed by atoms with Crippen molar-refractivity contribution in [1.29, 1.82) is 0 Å². The molecule has 3 rings (SSSR count). The molecule has 38 heavy (non-hydrogen) atoms. The van der Waals surface area contributed by atoms with Gasteiger partial charge in [0.25, 0.3) is 0 Å². The number of rotatable bonds is 20. The molecule has 1 nitrogen and oxygen atoms in total. The van der Waals surface area contributed by atoms with Crippen LogP contribution >= 0.6 is 0 Å². The van der Waals surface area contributed by atoms with Crippen LogP contribution in [0.15, 0.2) is 91.0 Å². The Labute approximate surface area is 234 Å². The van der Waals surface area contributed by atoms with Gasteiger partial charge in [0.05, 0.1) is 6.10 Å². The zero-order chi connectivity index (χ0) is 26.7. The molecule has 0 saturated carbocycles. The zero-order valence-electron chi connectivity index (χ0n) is 24.3. The van der Waals surface area contributed by atoms with Crippen molar-refractivity contribution >= 4 is 0 Å². The number of ether oxygens (including phenoxy) is 1. The van der Waals surface area contributed by atoms with Gasteiger partial charge < -0.3 is 4.74 Å². The van der Waals surface area contributed by atoms with Gasteiger partial charge in [0, 0.05) is 0 Å². The van der Waals surface area contributed by atoms with Crippen LogP contribution in [-0.2, 0) is 10.3 Å². The van der Waals surface area contributed by atoms with Crippen molar-refractivity contribution in [3.05, 3.63) is 108 Å². The molecule has 0 bridgehead atoms. The maximum atomic E-state index is 7.11. The highest BCUT2D eigenvalue weighted by Crippen LogP contribution is 2.41. The van der Waals surface area contributed by atoms with E-state index < -0.39 is 5.60 Å². The standard InChI is InChI=1S/C37H52O/c1-3-4-5-6-7-8-9-10-11-12-13-14-15-19-26-33(2)38-37(34-27-20-16-21-28-34,35-29-22-17-23-30-35)36-31-24-18-25-32-36/h16-18,20-25,27-33H,3-15,19,26H2,1-2H3. The van der Waals surface area contributed by atoms with Crippen LogP contribution in [0.5, 0.6) is 0 Å². The first-order chi connectivity index (χ1) is 18.8. The van der Waals surface area contributed by atoms with Crippen LogP contribution in [-0.4, -0.2) is 6.10 Å². The molecule has 0 fully saturated rings. The molecule has 1 heteroatoms. The Morgan fingerprint density at radius 3 is 1.13 bits per heavy atom. The summed E-state index contributed by atoms with van der Waals surface area (Å²) in [7, 11) is 0. The molecule has 0 amide bonds. The average molecular weight is 513 g/mol. The van der Waals surface area contributed by atoms with Crippen LogP contribution in [0.2, 0.25) is 0 Å². The maximum Gasteiger partial charge on any atom is 0.144 e. The van der Waals surface area contributed by atoms with Gasteiger partial charge in [-0.3, -0.25) is 0 Å². The monoisotopic (exact) mass is 512 g/mol. The summed E-state index contributed by atoms with van der Waals surface area (Å²) in [5.74, 6) is 0. The second-order valence-electron chi connectivity index (χ2n) is 11.1. The van der Waals surface area contributed by atoms with Gasteiger partial charge in [-0.25, -0.2) is 0 Å². The van der Waals surface area contributed by atoms with Crippen LogP contribution < -0.4 is 0 Å². The summed E-state index contributed by atoms with van der Waals surface area (Å²) >= 11 is 0. The van der Waals surface area contributed by atoms with Gasteiger partial charge in [-0.15, -0.1) is 0 Å². The van der Waals surface area contributed by atoms with E-state index in [1.54, 1.807) is 0 Å². The lowest BCUT2D eigenvalue weighted by atomic mass is 9.80. The third kappa shape index (κ3) is 9.73. The van der Waals surface area contributed by atoms with E-state index in [1.165, 1.54) is 107 Å². The minimum absolute atomic E-state index is 0.160. The molecule has 0 aliphatic carbocycles. The van der Waals surface area contributed by atoms with Gasteiger partial charge >= 0.3 is 0 Å². The summed E-state index contributed by atoms with van der Waals surface area (Å²) in [6.07, 6.45) is 20.7. The molecule has 0 saturated heterocycles. The minimum Gasteiger partial charge on any atom is -0.358 e. The number of hydrogen-bond acceptors (Lipinski definition) is 1. The summed E-state index contributed by atoms with van der Waals surface area (Å²) in [4.78, 5) is 0. The van der Waals surface area contributed by atoms with E-state index in [0.29, 0.717) is 0 Å². The largest absolute Gasteiger partial charge is 0.358 e. The Kier molecular flexibility index (Phi) is 14.3. The first-order valence-electron chi connectivity index (χ1n) is 15.6. The fourth-order valence-corrected chi connectivity index (χ4v) is 5.71. The highest BCUT2D eigenvalue weighted by molar-refractivity contribution is 5.47. The fraction of sp³-hybridized carbons (Fsp3) is 0.514. The van der Waals surface area contributed by atoms with Crippen LogP contribution in [0.25, 0.3) is 0 Å². The normalized spacial score (nSPS) is 12.5. The van der Waals surface area contributed by atoms with E-state index in [2.05, 4.69) is 105 Å². The van der Waals surface area contributed by atoms with E-state index in [0.717, 1.165) is 6.42 Å². The summed E-state index contributed by atoms with van der Waals surface area (Å²) in [5, 5.41) is 0. The number of benzene rings is 3. The quantitative estimate of drug-likeness (QED) is 0.108. The Hall–Kier alpha value is -2.38. The molecule has 1 unspecified atom stereocenters. The third-order valence-corrected chi connectivity index (χ3v) is 7.88. The summed E-state index contributed by atoms with van der Waals surface area (Å²) in [5.41, 5.74) is 2.94. The Morgan fingerprint density at radius 2 is 0.789 bits per heavy atom. The van der Waals surface area contributed by atoms with Gasteiger partial charge in [0.2, 0.25) is 0 Å². The Morgan fingerprint density at radius 1 is 0.474 bits per heavy atom. The van der Waals surface area contributed by atoms with E-state index in [1.807, 2.05) is 0 Å². The molecule has 0 aliphatic heterocycles. The van der Waals surface area contributed by atoms with Gasteiger partial charge in [-0.2, -0.15) is 0 Å². The molecule has 0 aliphatic rings.